The van der Waals surface area contributed by atoms with Crippen LogP contribution in [0.5, 0.6) is 0 Å². The Balaban J connectivity index is 1.23. The molecule has 3 heterocycles. The Morgan fingerprint density at radius 2 is 0.960 bits per heavy atom. The van der Waals surface area contributed by atoms with Crippen LogP contribution in [0.3, 0.4) is 0 Å². The van der Waals surface area contributed by atoms with Crippen molar-refractivity contribution in [2.75, 3.05) is 0 Å². The maximum absolute atomic E-state index is 6.61. The monoisotopic (exact) mass is 640 g/mol. The van der Waals surface area contributed by atoms with Gasteiger partial charge in [-0.1, -0.05) is 152 Å². The zero-order chi connectivity index (χ0) is 33.0. The Kier molecular flexibility index (Phi) is 6.42. The van der Waals surface area contributed by atoms with E-state index in [4.69, 9.17) is 19.4 Å². The molecular formula is C45H28N4O. The molecule has 0 spiro atoms. The SMILES string of the molecule is c1ccc(-c2ccc(-c3ccccc3-c3nc(-c4ccccc4)nc(-n4c5ccccc5c5ccc6c7ccccc7oc6c54)n3)cc2)cc1. The highest BCUT2D eigenvalue weighted by atomic mass is 16.3. The van der Waals surface area contributed by atoms with E-state index in [9.17, 15) is 0 Å². The third-order valence-electron chi connectivity index (χ3n) is 9.51. The van der Waals surface area contributed by atoms with Crippen LogP contribution >= 0.6 is 0 Å². The molecule has 0 saturated carbocycles. The van der Waals surface area contributed by atoms with Crippen LogP contribution in [0.4, 0.5) is 0 Å². The van der Waals surface area contributed by atoms with Crippen molar-refractivity contribution in [2.45, 2.75) is 0 Å². The molecule has 0 aliphatic rings. The minimum absolute atomic E-state index is 0.530. The fourth-order valence-corrected chi connectivity index (χ4v) is 7.14. The largest absolute Gasteiger partial charge is 0.454 e. The number of para-hydroxylation sites is 2. The molecule has 234 valence electrons. The summed E-state index contributed by atoms with van der Waals surface area (Å²) in [4.78, 5) is 15.6. The van der Waals surface area contributed by atoms with Crippen molar-refractivity contribution in [3.05, 3.63) is 170 Å². The highest BCUT2D eigenvalue weighted by molar-refractivity contribution is 6.21. The predicted octanol–water partition coefficient (Wildman–Crippen LogP) is 11.5. The summed E-state index contributed by atoms with van der Waals surface area (Å²) in [5.74, 6) is 1.73. The standard InChI is InChI=1S/C45H28N4O/c1-3-13-29(14-4-1)30-23-25-31(26-24-30)33-17-7-8-20-38(33)44-46-43(32-15-5-2-6-16-32)47-45(48-44)49-39-21-11-9-18-34(39)36-27-28-37-35-19-10-12-22-40(35)50-42(37)41(36)49/h1-28H. The first-order valence-electron chi connectivity index (χ1n) is 16.7. The lowest BCUT2D eigenvalue weighted by atomic mass is 9.96. The summed E-state index contributed by atoms with van der Waals surface area (Å²) in [7, 11) is 0. The lowest BCUT2D eigenvalue weighted by Gasteiger charge is -2.13. The van der Waals surface area contributed by atoms with Crippen LogP contribution in [-0.2, 0) is 0 Å². The smallest absolute Gasteiger partial charge is 0.238 e. The molecule has 0 aliphatic heterocycles. The van der Waals surface area contributed by atoms with Gasteiger partial charge in [-0.15, -0.1) is 0 Å². The van der Waals surface area contributed by atoms with E-state index < -0.39 is 0 Å². The van der Waals surface area contributed by atoms with E-state index in [-0.39, 0.29) is 0 Å². The molecule has 10 rings (SSSR count). The number of hydrogen-bond acceptors (Lipinski definition) is 4. The van der Waals surface area contributed by atoms with Crippen molar-refractivity contribution in [3.8, 4) is 51.0 Å². The molecule has 0 fully saturated rings. The van der Waals surface area contributed by atoms with E-state index in [0.29, 0.717) is 17.6 Å². The molecule has 0 bridgehead atoms. The van der Waals surface area contributed by atoms with Crippen molar-refractivity contribution in [1.82, 2.24) is 19.5 Å². The Hall–Kier alpha value is -6.85. The van der Waals surface area contributed by atoms with Crippen LogP contribution in [0.25, 0.3) is 94.7 Å². The fourth-order valence-electron chi connectivity index (χ4n) is 7.14. The van der Waals surface area contributed by atoms with Crippen molar-refractivity contribution in [2.24, 2.45) is 0 Å². The fraction of sp³-hybridized carbons (Fsp3) is 0. The Bertz CT molecular complexity index is 2850. The molecule has 5 nitrogen and oxygen atoms in total. The molecule has 10 aromatic rings. The van der Waals surface area contributed by atoms with E-state index in [1.165, 1.54) is 11.1 Å². The van der Waals surface area contributed by atoms with Crippen molar-refractivity contribution >= 4 is 43.7 Å². The maximum atomic E-state index is 6.61. The summed E-state index contributed by atoms with van der Waals surface area (Å²) in [6.07, 6.45) is 0. The first-order valence-corrected chi connectivity index (χ1v) is 16.7. The summed E-state index contributed by atoms with van der Waals surface area (Å²) in [5.41, 5.74) is 9.91. The molecule has 0 unspecified atom stereocenters. The second-order valence-corrected chi connectivity index (χ2v) is 12.4. The van der Waals surface area contributed by atoms with Crippen LogP contribution in [0.2, 0.25) is 0 Å². The zero-order valence-electron chi connectivity index (χ0n) is 26.9. The number of benzene rings is 7. The van der Waals surface area contributed by atoms with E-state index >= 15 is 0 Å². The number of hydrogen-bond donors (Lipinski definition) is 0. The molecule has 0 N–H and O–H groups in total. The van der Waals surface area contributed by atoms with Gasteiger partial charge >= 0.3 is 0 Å². The van der Waals surface area contributed by atoms with Gasteiger partial charge in [-0.05, 0) is 40.5 Å². The van der Waals surface area contributed by atoms with Gasteiger partial charge in [-0.25, -0.2) is 4.98 Å². The molecule has 50 heavy (non-hydrogen) atoms. The molecule has 3 aromatic heterocycles. The lowest BCUT2D eigenvalue weighted by molar-refractivity contribution is 0.670. The molecule has 0 radical (unpaired) electrons. The Morgan fingerprint density at radius 3 is 1.76 bits per heavy atom. The van der Waals surface area contributed by atoms with Crippen LogP contribution in [0.15, 0.2) is 174 Å². The van der Waals surface area contributed by atoms with E-state index in [0.717, 1.165) is 66.0 Å². The quantitative estimate of drug-likeness (QED) is 0.188. The zero-order valence-corrected chi connectivity index (χ0v) is 26.9. The number of nitrogens with zero attached hydrogens (tertiary/aromatic N) is 4. The summed E-state index contributed by atoms with van der Waals surface area (Å²) in [6.45, 7) is 0. The first-order chi connectivity index (χ1) is 24.8. The number of fused-ring (bicyclic) bond motifs is 7. The highest BCUT2D eigenvalue weighted by Gasteiger charge is 2.22. The summed E-state index contributed by atoms with van der Waals surface area (Å²) < 4.78 is 8.76. The van der Waals surface area contributed by atoms with Crippen LogP contribution in [0, 0.1) is 0 Å². The summed E-state index contributed by atoms with van der Waals surface area (Å²) in [5, 5.41) is 4.31. The highest BCUT2D eigenvalue weighted by Crippen LogP contribution is 2.40. The van der Waals surface area contributed by atoms with Crippen molar-refractivity contribution in [1.29, 1.82) is 0 Å². The van der Waals surface area contributed by atoms with Crippen LogP contribution in [-0.4, -0.2) is 19.5 Å². The van der Waals surface area contributed by atoms with Crippen LogP contribution < -0.4 is 0 Å². The number of aromatic nitrogens is 4. The van der Waals surface area contributed by atoms with Crippen LogP contribution in [0.1, 0.15) is 0 Å². The average molecular weight is 641 g/mol. The number of furan rings is 1. The first kappa shape index (κ1) is 28.2. The molecule has 0 amide bonds. The molecule has 0 aliphatic carbocycles. The van der Waals surface area contributed by atoms with Gasteiger partial charge in [0.15, 0.2) is 17.2 Å². The van der Waals surface area contributed by atoms with Gasteiger partial charge in [0, 0.05) is 32.7 Å². The summed E-state index contributed by atoms with van der Waals surface area (Å²) in [6, 6.07) is 58.5. The molecule has 5 heteroatoms. The minimum atomic E-state index is 0.530. The second kappa shape index (κ2) is 11.4. The maximum Gasteiger partial charge on any atom is 0.238 e. The van der Waals surface area contributed by atoms with Gasteiger partial charge in [0.2, 0.25) is 5.95 Å². The predicted molar refractivity (Wildman–Crippen MR) is 203 cm³/mol. The Labute approximate surface area is 287 Å². The van der Waals surface area contributed by atoms with E-state index in [1.54, 1.807) is 0 Å². The van der Waals surface area contributed by atoms with Gasteiger partial charge in [0.25, 0.3) is 0 Å². The molecular weight excluding hydrogens is 613 g/mol. The van der Waals surface area contributed by atoms with Crippen molar-refractivity contribution < 1.29 is 4.42 Å². The topological polar surface area (TPSA) is 56.7 Å². The van der Waals surface area contributed by atoms with Gasteiger partial charge in [-0.3, -0.25) is 4.57 Å². The molecule has 0 atom stereocenters. The second-order valence-electron chi connectivity index (χ2n) is 12.4. The lowest BCUT2D eigenvalue weighted by Crippen LogP contribution is -2.07. The average Bonchev–Trinajstić information content (AvgIpc) is 3.75. The van der Waals surface area contributed by atoms with Gasteiger partial charge in [0.05, 0.1) is 5.52 Å². The minimum Gasteiger partial charge on any atom is -0.454 e. The van der Waals surface area contributed by atoms with Gasteiger partial charge in [-0.2, -0.15) is 9.97 Å². The van der Waals surface area contributed by atoms with E-state index in [1.807, 2.05) is 60.7 Å². The van der Waals surface area contributed by atoms with Crippen molar-refractivity contribution in [3.63, 3.8) is 0 Å². The normalized spacial score (nSPS) is 11.6. The van der Waals surface area contributed by atoms with Gasteiger partial charge < -0.3 is 4.42 Å². The van der Waals surface area contributed by atoms with Gasteiger partial charge in [0.1, 0.15) is 11.1 Å². The summed E-state index contributed by atoms with van der Waals surface area (Å²) >= 11 is 0. The Morgan fingerprint density at radius 1 is 0.380 bits per heavy atom. The third kappa shape index (κ3) is 4.52. The molecule has 0 saturated heterocycles. The number of rotatable bonds is 5. The molecule has 7 aromatic carbocycles. The van der Waals surface area contributed by atoms with E-state index in [2.05, 4.69) is 114 Å². The third-order valence-corrected chi connectivity index (χ3v) is 9.51.